The molecule has 80 valence electrons. The summed E-state index contributed by atoms with van der Waals surface area (Å²) in [6, 6.07) is 3.29. The predicted octanol–water partition coefficient (Wildman–Crippen LogP) is 4.36. The van der Waals surface area contributed by atoms with Gasteiger partial charge in [-0.05, 0) is 59.9 Å². The molecule has 0 radical (unpaired) electrons. The third-order valence-corrected chi connectivity index (χ3v) is 4.75. The zero-order valence-corrected chi connectivity index (χ0v) is 11.9. The van der Waals surface area contributed by atoms with Crippen molar-refractivity contribution in [2.45, 2.75) is 0 Å². The highest BCUT2D eigenvalue weighted by molar-refractivity contribution is 9.14. The van der Waals surface area contributed by atoms with E-state index in [1.165, 1.54) is 0 Å². The van der Waals surface area contributed by atoms with Crippen molar-refractivity contribution >= 4 is 53.8 Å². The molecule has 0 saturated carbocycles. The molecule has 1 rings (SSSR count). The molecular weight excluding hydrogens is 399 g/mol. The summed E-state index contributed by atoms with van der Waals surface area (Å²) in [4.78, 5) is 11.0. The van der Waals surface area contributed by atoms with Gasteiger partial charge >= 0.3 is 5.97 Å². The average Bonchev–Trinajstić information content (AvgIpc) is 2.20. The fraction of sp³-hybridized carbons (Fsp3) is 0. The highest BCUT2D eigenvalue weighted by Crippen LogP contribution is 2.37. The molecule has 2 nitrogen and oxygen atoms in total. The van der Waals surface area contributed by atoms with Crippen molar-refractivity contribution in [3.63, 3.8) is 0 Å². The Morgan fingerprint density at radius 1 is 1.27 bits per heavy atom. The zero-order valence-electron chi connectivity index (χ0n) is 7.14. The fourth-order valence-corrected chi connectivity index (χ4v) is 2.13. The summed E-state index contributed by atoms with van der Waals surface area (Å²) in [5.41, 5.74) is 0. The molecule has 0 amide bonds. The molecule has 0 aliphatic rings. The molecule has 1 aromatic carbocycles. The quantitative estimate of drug-likeness (QED) is 0.318. The first-order valence-electron chi connectivity index (χ1n) is 3.68. The van der Waals surface area contributed by atoms with E-state index in [0.717, 1.165) is 8.95 Å². The van der Waals surface area contributed by atoms with Gasteiger partial charge in [-0.15, -0.1) is 0 Å². The van der Waals surface area contributed by atoms with Crippen LogP contribution in [0.5, 0.6) is 5.75 Å². The summed E-state index contributed by atoms with van der Waals surface area (Å²) in [5, 5.41) is 0. The van der Waals surface area contributed by atoms with E-state index < -0.39 is 5.97 Å². The van der Waals surface area contributed by atoms with Gasteiger partial charge in [0, 0.05) is 8.95 Å². The summed E-state index contributed by atoms with van der Waals surface area (Å²) < 4.78 is 18.7. The van der Waals surface area contributed by atoms with Gasteiger partial charge in [0.1, 0.15) is 5.75 Å². The van der Waals surface area contributed by atoms with E-state index in [2.05, 4.69) is 47.8 Å². The number of benzene rings is 1. The van der Waals surface area contributed by atoms with Crippen LogP contribution < -0.4 is 4.74 Å². The maximum atomic E-state index is 11.7. The Labute approximate surface area is 111 Å². The molecule has 0 N–H and O–H groups in total. The smallest absolute Gasteiger partial charge is 0.338 e. The number of ether oxygens (including phenoxy) is 1. The lowest BCUT2D eigenvalue weighted by atomic mass is 10.3. The number of esters is 1. The van der Waals surface area contributed by atoms with Gasteiger partial charge < -0.3 is 4.74 Å². The minimum Gasteiger partial charge on any atom is -0.422 e. The van der Waals surface area contributed by atoms with Gasteiger partial charge in [-0.2, -0.15) is 0 Å². The van der Waals surface area contributed by atoms with Crippen LogP contribution in [-0.4, -0.2) is 5.97 Å². The van der Waals surface area contributed by atoms with E-state index in [0.29, 0.717) is 16.3 Å². The Balaban J connectivity index is 2.97. The van der Waals surface area contributed by atoms with Gasteiger partial charge in [0.05, 0.1) is 16.9 Å². The molecule has 0 aliphatic heterocycles. The molecule has 0 spiro atoms. The van der Waals surface area contributed by atoms with Gasteiger partial charge in [0.15, 0.2) is 0 Å². The second-order valence-corrected chi connectivity index (χ2v) is 4.83. The Kier molecular flexibility index (Phi) is 4.95. The summed E-state index contributed by atoms with van der Waals surface area (Å²) in [6.45, 7) is 0. The lowest BCUT2D eigenvalue weighted by Crippen LogP contribution is -2.04. The number of carbonyl (C=O) groups excluding carboxylic acids is 1. The van der Waals surface area contributed by atoms with Gasteiger partial charge in [-0.1, -0.05) is 0 Å². The molecule has 6 heteroatoms. The average molecular weight is 403 g/mol. The third kappa shape index (κ3) is 3.39. The molecule has 0 aliphatic carbocycles. The zero-order chi connectivity index (χ0) is 11.4. The van der Waals surface area contributed by atoms with Gasteiger partial charge in [0.25, 0.3) is 0 Å². The summed E-state index contributed by atoms with van der Waals surface area (Å²) >= 11 is 9.81. The van der Waals surface area contributed by atoms with E-state index in [1.54, 1.807) is 12.1 Å². The van der Waals surface area contributed by atoms with Crippen LogP contribution in [0, 0.1) is 0 Å². The lowest BCUT2D eigenvalue weighted by molar-refractivity contribution is -0.129. The van der Waals surface area contributed by atoms with Gasteiger partial charge in [-0.25, -0.2) is 9.18 Å². The normalized spacial score (nSPS) is 10.7. The van der Waals surface area contributed by atoms with Crippen molar-refractivity contribution < 1.29 is 13.9 Å². The third-order valence-electron chi connectivity index (χ3n) is 1.41. The van der Waals surface area contributed by atoms with Crippen LogP contribution in [-0.2, 0) is 4.79 Å². The molecular formula is C9H4Br3FO2. The number of rotatable bonds is 2. The van der Waals surface area contributed by atoms with E-state index in [-0.39, 0.29) is 6.33 Å². The Hall–Kier alpha value is -0.200. The summed E-state index contributed by atoms with van der Waals surface area (Å²) in [5.74, 6) is -0.458. The highest BCUT2D eigenvalue weighted by atomic mass is 79.9. The minimum atomic E-state index is -0.771. The van der Waals surface area contributed by atoms with Crippen LogP contribution in [0.2, 0.25) is 0 Å². The molecule has 0 bridgehead atoms. The van der Waals surface area contributed by atoms with Crippen LogP contribution in [0.15, 0.2) is 38.0 Å². The van der Waals surface area contributed by atoms with Gasteiger partial charge in [0.2, 0.25) is 0 Å². The van der Waals surface area contributed by atoms with Crippen LogP contribution in [0.25, 0.3) is 0 Å². The van der Waals surface area contributed by atoms with Crippen molar-refractivity contribution in [3.05, 3.63) is 38.0 Å². The largest absolute Gasteiger partial charge is 0.422 e. The molecule has 0 fully saturated rings. The van der Waals surface area contributed by atoms with Crippen LogP contribution >= 0.6 is 47.8 Å². The first-order chi connectivity index (χ1) is 7.06. The lowest BCUT2D eigenvalue weighted by Gasteiger charge is -2.06. The van der Waals surface area contributed by atoms with Crippen molar-refractivity contribution in [1.29, 1.82) is 0 Å². The molecule has 0 heterocycles. The van der Waals surface area contributed by atoms with Gasteiger partial charge in [-0.3, -0.25) is 0 Å². The molecule has 0 atom stereocenters. The summed E-state index contributed by atoms with van der Waals surface area (Å²) in [7, 11) is 0. The van der Waals surface area contributed by atoms with Crippen molar-refractivity contribution in [3.8, 4) is 5.75 Å². The molecule has 0 aromatic heterocycles. The molecule has 1 aromatic rings. The highest BCUT2D eigenvalue weighted by Gasteiger charge is 2.10. The summed E-state index contributed by atoms with van der Waals surface area (Å²) in [6.07, 6.45) is 0.826. The van der Waals surface area contributed by atoms with E-state index in [9.17, 15) is 9.18 Å². The van der Waals surface area contributed by atoms with Crippen LogP contribution in [0.3, 0.4) is 0 Å². The number of hydrogen-bond acceptors (Lipinski definition) is 2. The molecule has 0 saturated heterocycles. The monoisotopic (exact) mass is 400 g/mol. The van der Waals surface area contributed by atoms with E-state index in [4.69, 9.17) is 4.74 Å². The number of carbonyl (C=O) groups is 1. The predicted molar refractivity (Wildman–Crippen MR) is 65.4 cm³/mol. The first kappa shape index (κ1) is 12.9. The number of halogens is 4. The number of hydrogen-bond donors (Lipinski definition) is 0. The van der Waals surface area contributed by atoms with Crippen molar-refractivity contribution in [1.82, 2.24) is 0 Å². The van der Waals surface area contributed by atoms with E-state index >= 15 is 0 Å². The Morgan fingerprint density at radius 3 is 2.53 bits per heavy atom. The Bertz CT molecular complexity index is 418. The fourth-order valence-electron chi connectivity index (χ4n) is 0.781. The van der Waals surface area contributed by atoms with Crippen LogP contribution in [0.1, 0.15) is 0 Å². The maximum Gasteiger partial charge on any atom is 0.338 e. The van der Waals surface area contributed by atoms with Crippen LogP contribution in [0.4, 0.5) is 4.39 Å². The molecule has 0 unspecified atom stereocenters. The second-order valence-electron chi connectivity index (χ2n) is 2.39. The van der Waals surface area contributed by atoms with Crippen molar-refractivity contribution in [2.24, 2.45) is 0 Å². The Morgan fingerprint density at radius 2 is 1.93 bits per heavy atom. The van der Waals surface area contributed by atoms with Crippen molar-refractivity contribution in [2.75, 3.05) is 0 Å². The first-order valence-corrected chi connectivity index (χ1v) is 6.06. The molecule has 15 heavy (non-hydrogen) atoms. The minimum absolute atomic E-state index is 0.129. The standard InChI is InChI=1S/C9H4Br3FO2/c10-5-1-2-6(9(12)8(5)11)15-7(14)3-4-13/h1-4H. The second kappa shape index (κ2) is 5.77. The maximum absolute atomic E-state index is 11.7. The SMILES string of the molecule is O=C(C=CF)Oc1ccc(Br)c(Br)c1Br. The topological polar surface area (TPSA) is 26.3 Å². The van der Waals surface area contributed by atoms with E-state index in [1.807, 2.05) is 0 Å².